The van der Waals surface area contributed by atoms with Crippen molar-refractivity contribution in [2.45, 2.75) is 5.44 Å². The van der Waals surface area contributed by atoms with Crippen LogP contribution < -0.4 is 0 Å². The molecule has 3 N–H and O–H groups in total. The third kappa shape index (κ3) is 2.41. The fourth-order valence-electron chi connectivity index (χ4n) is 0.811. The van der Waals surface area contributed by atoms with Crippen LogP contribution in [0.5, 0.6) is 5.75 Å². The zero-order valence-electron chi connectivity index (χ0n) is 6.45. The Balaban J connectivity index is 3.04. The fraction of sp³-hybridized carbons (Fsp3) is 0.143. The molecule has 0 aromatic heterocycles. The summed E-state index contributed by atoms with van der Waals surface area (Å²) in [5.41, 5.74) is -1.96. The topological polar surface area (TPSA) is 94.8 Å². The first-order valence-corrected chi connectivity index (χ1v) is 4.85. The van der Waals surface area contributed by atoms with Crippen molar-refractivity contribution in [1.82, 2.24) is 0 Å². The molecule has 1 rings (SSSR count). The number of hydrogen-bond acceptors (Lipinski definition) is 4. The fourth-order valence-corrected chi connectivity index (χ4v) is 1.31. The van der Waals surface area contributed by atoms with Gasteiger partial charge in [-0.05, 0) is 17.7 Å². The van der Waals surface area contributed by atoms with Crippen molar-refractivity contribution in [3.8, 4) is 5.75 Å². The van der Waals surface area contributed by atoms with Gasteiger partial charge in [-0.1, -0.05) is 12.1 Å². The minimum atomic E-state index is -4.49. The van der Waals surface area contributed by atoms with Crippen LogP contribution in [0.3, 0.4) is 0 Å². The monoisotopic (exact) mass is 204 g/mol. The lowest BCUT2D eigenvalue weighted by Crippen LogP contribution is -2.10. The Morgan fingerprint density at radius 3 is 2.00 bits per heavy atom. The standard InChI is InChI=1S/C7H8O5S/c8-6-3-1-5(2-4-6)7(9)13(10,11)12/h1-4,7-9H,(H,10,11,12). The van der Waals surface area contributed by atoms with Gasteiger partial charge in [0.15, 0.2) is 0 Å². The van der Waals surface area contributed by atoms with Crippen molar-refractivity contribution in [2.75, 3.05) is 0 Å². The lowest BCUT2D eigenvalue weighted by molar-refractivity contribution is 0.238. The lowest BCUT2D eigenvalue weighted by Gasteiger charge is -2.06. The molecule has 1 aromatic rings. The Labute approximate surface area is 75.0 Å². The van der Waals surface area contributed by atoms with Gasteiger partial charge in [0.1, 0.15) is 5.75 Å². The summed E-state index contributed by atoms with van der Waals surface area (Å²) in [6.07, 6.45) is 0. The summed E-state index contributed by atoms with van der Waals surface area (Å²) in [5, 5.41) is 17.9. The summed E-state index contributed by atoms with van der Waals surface area (Å²) in [4.78, 5) is 0. The Morgan fingerprint density at radius 1 is 1.15 bits per heavy atom. The van der Waals surface area contributed by atoms with Crippen LogP contribution in [0.2, 0.25) is 0 Å². The number of aromatic hydroxyl groups is 1. The van der Waals surface area contributed by atoms with Crippen LogP contribution in [0, 0.1) is 0 Å². The molecule has 6 heteroatoms. The quantitative estimate of drug-likeness (QED) is 0.601. The maximum atomic E-state index is 10.5. The minimum Gasteiger partial charge on any atom is -0.508 e. The molecule has 5 nitrogen and oxygen atoms in total. The molecule has 0 radical (unpaired) electrons. The van der Waals surface area contributed by atoms with Gasteiger partial charge >= 0.3 is 0 Å². The van der Waals surface area contributed by atoms with E-state index in [9.17, 15) is 8.42 Å². The molecule has 1 aromatic carbocycles. The average molecular weight is 204 g/mol. The van der Waals surface area contributed by atoms with Gasteiger partial charge in [-0.15, -0.1) is 0 Å². The van der Waals surface area contributed by atoms with E-state index in [1.54, 1.807) is 0 Å². The molecule has 0 aliphatic rings. The maximum Gasteiger partial charge on any atom is 0.296 e. The summed E-state index contributed by atoms with van der Waals surface area (Å²) in [6.45, 7) is 0. The van der Waals surface area contributed by atoms with Crippen molar-refractivity contribution in [1.29, 1.82) is 0 Å². The second-order valence-corrected chi connectivity index (χ2v) is 3.94. The second-order valence-electron chi connectivity index (χ2n) is 2.46. The van der Waals surface area contributed by atoms with E-state index >= 15 is 0 Å². The summed E-state index contributed by atoms with van der Waals surface area (Å²) < 4.78 is 29.4. The van der Waals surface area contributed by atoms with Crippen LogP contribution in [0.25, 0.3) is 0 Å². The van der Waals surface area contributed by atoms with E-state index in [2.05, 4.69) is 0 Å². The maximum absolute atomic E-state index is 10.5. The largest absolute Gasteiger partial charge is 0.508 e. The number of aliphatic hydroxyl groups is 1. The number of hydrogen-bond donors (Lipinski definition) is 3. The van der Waals surface area contributed by atoms with Crippen molar-refractivity contribution in [3.05, 3.63) is 29.8 Å². The molecule has 72 valence electrons. The molecule has 1 atom stereocenters. The van der Waals surface area contributed by atoms with E-state index in [1.165, 1.54) is 24.3 Å². The Kier molecular flexibility index (Phi) is 2.55. The Bertz CT molecular complexity index is 380. The molecule has 0 aliphatic carbocycles. The van der Waals surface area contributed by atoms with E-state index in [0.717, 1.165) is 0 Å². The zero-order valence-corrected chi connectivity index (χ0v) is 7.27. The predicted octanol–water partition coefficient (Wildman–Crippen LogP) is 0.271. The molecular weight excluding hydrogens is 196 g/mol. The van der Waals surface area contributed by atoms with Gasteiger partial charge in [0.2, 0.25) is 5.44 Å². The van der Waals surface area contributed by atoms with Gasteiger partial charge in [-0.25, -0.2) is 0 Å². The summed E-state index contributed by atoms with van der Waals surface area (Å²) in [6, 6.07) is 4.83. The van der Waals surface area contributed by atoms with Crippen LogP contribution >= 0.6 is 0 Å². The summed E-state index contributed by atoms with van der Waals surface area (Å²) >= 11 is 0. The normalized spacial score (nSPS) is 14.0. The van der Waals surface area contributed by atoms with Gasteiger partial charge in [0.25, 0.3) is 10.1 Å². The molecule has 0 fully saturated rings. The molecule has 0 spiro atoms. The highest BCUT2D eigenvalue weighted by Gasteiger charge is 2.21. The van der Waals surface area contributed by atoms with Gasteiger partial charge in [-0.3, -0.25) is 4.55 Å². The summed E-state index contributed by atoms with van der Waals surface area (Å²) in [7, 11) is -4.49. The van der Waals surface area contributed by atoms with Gasteiger partial charge in [0, 0.05) is 0 Å². The minimum absolute atomic E-state index is 0.000278. The van der Waals surface area contributed by atoms with Crippen LogP contribution in [0.15, 0.2) is 24.3 Å². The van der Waals surface area contributed by atoms with E-state index < -0.39 is 15.6 Å². The van der Waals surface area contributed by atoms with Crippen LogP contribution in [0.1, 0.15) is 11.0 Å². The van der Waals surface area contributed by atoms with Crippen molar-refractivity contribution in [2.24, 2.45) is 0 Å². The molecule has 0 saturated heterocycles. The van der Waals surface area contributed by atoms with E-state index in [-0.39, 0.29) is 11.3 Å². The van der Waals surface area contributed by atoms with Gasteiger partial charge in [0.05, 0.1) is 0 Å². The van der Waals surface area contributed by atoms with Gasteiger partial charge in [-0.2, -0.15) is 8.42 Å². The SMILES string of the molecule is O=S(=O)(O)C(O)c1ccc(O)cc1. The molecule has 0 aliphatic heterocycles. The highest BCUT2D eigenvalue weighted by atomic mass is 32.2. The first kappa shape index (κ1) is 9.97. The van der Waals surface area contributed by atoms with E-state index in [1.807, 2.05) is 0 Å². The number of phenols is 1. The number of benzene rings is 1. The molecule has 1 unspecified atom stereocenters. The highest BCUT2D eigenvalue weighted by Crippen LogP contribution is 2.20. The zero-order chi connectivity index (χ0) is 10.1. The third-order valence-corrected chi connectivity index (χ3v) is 2.30. The van der Waals surface area contributed by atoms with Crippen molar-refractivity contribution >= 4 is 10.1 Å². The Morgan fingerprint density at radius 2 is 1.62 bits per heavy atom. The molecule has 0 saturated carbocycles. The molecular formula is C7H8O5S. The Hall–Kier alpha value is -1.11. The van der Waals surface area contributed by atoms with Crippen molar-refractivity contribution in [3.63, 3.8) is 0 Å². The van der Waals surface area contributed by atoms with Crippen LogP contribution in [0.4, 0.5) is 0 Å². The number of aliphatic hydroxyl groups excluding tert-OH is 1. The predicted molar refractivity (Wildman–Crippen MR) is 44.6 cm³/mol. The van der Waals surface area contributed by atoms with Gasteiger partial charge < -0.3 is 10.2 Å². The van der Waals surface area contributed by atoms with Crippen LogP contribution in [-0.4, -0.2) is 23.2 Å². The van der Waals surface area contributed by atoms with E-state index in [0.29, 0.717) is 0 Å². The highest BCUT2D eigenvalue weighted by molar-refractivity contribution is 7.85. The summed E-state index contributed by atoms with van der Waals surface area (Å²) in [5.74, 6) is -0.0497. The van der Waals surface area contributed by atoms with Crippen molar-refractivity contribution < 1.29 is 23.2 Å². The first-order chi connectivity index (χ1) is 5.91. The van der Waals surface area contributed by atoms with Crippen LogP contribution in [-0.2, 0) is 10.1 Å². The molecule has 0 heterocycles. The average Bonchev–Trinajstić information content (AvgIpc) is 2.03. The third-order valence-electron chi connectivity index (χ3n) is 1.46. The smallest absolute Gasteiger partial charge is 0.296 e. The number of phenolic OH excluding ortho intramolecular Hbond substituents is 1. The molecule has 0 bridgehead atoms. The lowest BCUT2D eigenvalue weighted by atomic mass is 10.2. The first-order valence-electron chi connectivity index (χ1n) is 3.34. The molecule has 0 amide bonds. The molecule has 13 heavy (non-hydrogen) atoms. The number of rotatable bonds is 2. The second kappa shape index (κ2) is 3.33. The van der Waals surface area contributed by atoms with E-state index in [4.69, 9.17) is 14.8 Å².